The van der Waals surface area contributed by atoms with Crippen LogP contribution in [0.15, 0.2) is 18.2 Å². The Balaban J connectivity index is 2.80. The molecule has 1 rings (SSSR count). The van der Waals surface area contributed by atoms with Gasteiger partial charge in [0.15, 0.2) is 0 Å². The molecule has 0 aliphatic rings. The van der Waals surface area contributed by atoms with Gasteiger partial charge < -0.3 is 5.32 Å². The Morgan fingerprint density at radius 1 is 1.21 bits per heavy atom. The second-order valence-electron chi connectivity index (χ2n) is 5.56. The highest BCUT2D eigenvalue weighted by atomic mass is 15.2. The quantitative estimate of drug-likeness (QED) is 0.774. The Kier molecular flexibility index (Phi) is 6.85. The highest BCUT2D eigenvalue weighted by molar-refractivity contribution is 5.34. The van der Waals surface area contributed by atoms with Gasteiger partial charge in [-0.15, -0.1) is 0 Å². The molecule has 108 valence electrons. The summed E-state index contributed by atoms with van der Waals surface area (Å²) in [4.78, 5) is 7.21. The van der Waals surface area contributed by atoms with Gasteiger partial charge in [0.05, 0.1) is 5.69 Å². The third-order valence-electron chi connectivity index (χ3n) is 3.49. The first-order valence-corrected chi connectivity index (χ1v) is 7.48. The zero-order valence-corrected chi connectivity index (χ0v) is 13.1. The van der Waals surface area contributed by atoms with E-state index in [1.165, 1.54) is 12.8 Å². The zero-order chi connectivity index (χ0) is 14.3. The van der Waals surface area contributed by atoms with Crippen LogP contribution in [0.1, 0.15) is 46.2 Å². The van der Waals surface area contributed by atoms with Crippen molar-refractivity contribution in [3.8, 4) is 0 Å². The van der Waals surface area contributed by atoms with E-state index in [1.54, 1.807) is 0 Å². The Hall–Kier alpha value is -1.09. The van der Waals surface area contributed by atoms with Crippen molar-refractivity contribution in [1.82, 2.24) is 9.88 Å². The maximum Gasteiger partial charge on any atom is 0.126 e. The number of hydrogen-bond acceptors (Lipinski definition) is 3. The summed E-state index contributed by atoms with van der Waals surface area (Å²) in [6, 6.07) is 6.86. The molecule has 0 radical (unpaired) electrons. The topological polar surface area (TPSA) is 28.2 Å². The fraction of sp³-hybridized carbons (Fsp3) is 0.688. The molecule has 0 saturated carbocycles. The Morgan fingerprint density at radius 2 is 1.89 bits per heavy atom. The van der Waals surface area contributed by atoms with Gasteiger partial charge in [-0.3, -0.25) is 4.90 Å². The average molecular weight is 263 g/mol. The first kappa shape index (κ1) is 16.0. The average Bonchev–Trinajstić information content (AvgIpc) is 2.39. The maximum atomic E-state index is 4.64. The first-order chi connectivity index (χ1) is 9.10. The van der Waals surface area contributed by atoms with Gasteiger partial charge in [-0.05, 0) is 30.9 Å². The highest BCUT2D eigenvalue weighted by Gasteiger charge is 2.17. The predicted molar refractivity (Wildman–Crippen MR) is 83.4 cm³/mol. The van der Waals surface area contributed by atoms with Crippen molar-refractivity contribution in [1.29, 1.82) is 0 Å². The van der Waals surface area contributed by atoms with Crippen LogP contribution in [0.25, 0.3) is 0 Å². The number of rotatable bonds is 8. The SMILES string of the molecule is CCC(CC)N(Cc1cccc(NC)n1)CC(C)C. The summed E-state index contributed by atoms with van der Waals surface area (Å²) in [7, 11) is 1.92. The van der Waals surface area contributed by atoms with E-state index in [-0.39, 0.29) is 0 Å². The van der Waals surface area contributed by atoms with E-state index >= 15 is 0 Å². The molecule has 19 heavy (non-hydrogen) atoms. The lowest BCUT2D eigenvalue weighted by molar-refractivity contribution is 0.155. The molecule has 0 unspecified atom stereocenters. The van der Waals surface area contributed by atoms with Crippen molar-refractivity contribution in [2.45, 2.75) is 53.1 Å². The highest BCUT2D eigenvalue weighted by Crippen LogP contribution is 2.15. The molecular weight excluding hydrogens is 234 g/mol. The summed E-state index contributed by atoms with van der Waals surface area (Å²) < 4.78 is 0. The van der Waals surface area contributed by atoms with Crippen LogP contribution in [0.3, 0.4) is 0 Å². The number of pyridine rings is 1. The molecule has 1 N–H and O–H groups in total. The van der Waals surface area contributed by atoms with Gasteiger partial charge in [0, 0.05) is 26.2 Å². The summed E-state index contributed by atoms with van der Waals surface area (Å²) >= 11 is 0. The number of aromatic nitrogens is 1. The second-order valence-corrected chi connectivity index (χ2v) is 5.56. The van der Waals surface area contributed by atoms with Gasteiger partial charge in [-0.1, -0.05) is 33.8 Å². The Labute approximate surface area is 118 Å². The van der Waals surface area contributed by atoms with E-state index in [0.717, 1.165) is 24.6 Å². The van der Waals surface area contributed by atoms with Crippen molar-refractivity contribution in [2.75, 3.05) is 18.9 Å². The lowest BCUT2D eigenvalue weighted by Gasteiger charge is -2.31. The van der Waals surface area contributed by atoms with Crippen LogP contribution in [-0.2, 0) is 6.54 Å². The van der Waals surface area contributed by atoms with Gasteiger partial charge in [0.25, 0.3) is 0 Å². The number of nitrogens with one attached hydrogen (secondary N) is 1. The number of hydrogen-bond donors (Lipinski definition) is 1. The molecule has 0 aliphatic heterocycles. The summed E-state index contributed by atoms with van der Waals surface area (Å²) in [6.07, 6.45) is 2.41. The van der Waals surface area contributed by atoms with Crippen molar-refractivity contribution in [3.05, 3.63) is 23.9 Å². The monoisotopic (exact) mass is 263 g/mol. The fourth-order valence-electron chi connectivity index (χ4n) is 2.53. The lowest BCUT2D eigenvalue weighted by Crippen LogP contribution is -2.37. The Bertz CT molecular complexity index is 359. The van der Waals surface area contributed by atoms with E-state index in [4.69, 9.17) is 0 Å². The normalized spacial score (nSPS) is 11.6. The summed E-state index contributed by atoms with van der Waals surface area (Å²) in [6.45, 7) is 11.2. The molecule has 0 atom stereocenters. The first-order valence-electron chi connectivity index (χ1n) is 7.48. The zero-order valence-electron chi connectivity index (χ0n) is 13.1. The molecule has 0 saturated heterocycles. The van der Waals surface area contributed by atoms with E-state index in [2.05, 4.69) is 55.0 Å². The van der Waals surface area contributed by atoms with E-state index in [9.17, 15) is 0 Å². The van der Waals surface area contributed by atoms with Crippen molar-refractivity contribution >= 4 is 5.82 Å². The molecule has 1 aromatic rings. The second kappa shape index (κ2) is 8.16. The van der Waals surface area contributed by atoms with Gasteiger partial charge in [-0.25, -0.2) is 4.98 Å². The van der Waals surface area contributed by atoms with Crippen LogP contribution >= 0.6 is 0 Å². The minimum absolute atomic E-state index is 0.655. The van der Waals surface area contributed by atoms with Crippen LogP contribution in [0, 0.1) is 5.92 Å². The molecule has 0 amide bonds. The standard InChI is InChI=1S/C16H29N3/c1-6-15(7-2)19(11-13(3)4)12-14-9-8-10-16(17-5)18-14/h8-10,13,15H,6-7,11-12H2,1-5H3,(H,17,18). The molecule has 0 aliphatic carbocycles. The molecular formula is C16H29N3. The molecule has 1 aromatic heterocycles. The smallest absolute Gasteiger partial charge is 0.126 e. The van der Waals surface area contributed by atoms with Crippen molar-refractivity contribution in [3.63, 3.8) is 0 Å². The molecule has 0 bridgehead atoms. The van der Waals surface area contributed by atoms with E-state index in [1.807, 2.05) is 13.1 Å². The summed E-state index contributed by atoms with van der Waals surface area (Å²) in [5.74, 6) is 1.64. The third kappa shape index (κ3) is 5.19. The van der Waals surface area contributed by atoms with Gasteiger partial charge in [-0.2, -0.15) is 0 Å². The molecule has 0 fully saturated rings. The fourth-order valence-corrected chi connectivity index (χ4v) is 2.53. The number of nitrogens with zero attached hydrogens (tertiary/aromatic N) is 2. The molecule has 3 heteroatoms. The third-order valence-corrected chi connectivity index (χ3v) is 3.49. The Morgan fingerprint density at radius 3 is 2.42 bits per heavy atom. The summed E-state index contributed by atoms with van der Waals surface area (Å²) in [5, 5.41) is 3.11. The van der Waals surface area contributed by atoms with E-state index in [0.29, 0.717) is 12.0 Å². The van der Waals surface area contributed by atoms with Crippen molar-refractivity contribution < 1.29 is 0 Å². The van der Waals surface area contributed by atoms with Crippen LogP contribution in [0.2, 0.25) is 0 Å². The van der Waals surface area contributed by atoms with Crippen LogP contribution in [0.5, 0.6) is 0 Å². The molecule has 1 heterocycles. The molecule has 3 nitrogen and oxygen atoms in total. The van der Waals surface area contributed by atoms with Gasteiger partial charge in [0.1, 0.15) is 5.82 Å². The van der Waals surface area contributed by atoms with Gasteiger partial charge in [0.2, 0.25) is 0 Å². The van der Waals surface area contributed by atoms with Gasteiger partial charge >= 0.3 is 0 Å². The van der Waals surface area contributed by atoms with E-state index < -0.39 is 0 Å². The van der Waals surface area contributed by atoms with Crippen LogP contribution in [0.4, 0.5) is 5.82 Å². The van der Waals surface area contributed by atoms with Crippen molar-refractivity contribution in [2.24, 2.45) is 5.92 Å². The summed E-state index contributed by atoms with van der Waals surface area (Å²) in [5.41, 5.74) is 1.15. The minimum Gasteiger partial charge on any atom is -0.373 e. The van der Waals surface area contributed by atoms with Crippen LogP contribution in [-0.4, -0.2) is 29.5 Å². The minimum atomic E-state index is 0.655. The maximum absolute atomic E-state index is 4.64. The molecule has 0 spiro atoms. The predicted octanol–water partition coefficient (Wildman–Crippen LogP) is 3.77. The van der Waals surface area contributed by atoms with Crippen LogP contribution < -0.4 is 5.32 Å². The lowest BCUT2D eigenvalue weighted by atomic mass is 10.1. The molecule has 0 aromatic carbocycles. The largest absolute Gasteiger partial charge is 0.373 e. The number of anilines is 1.